The summed E-state index contributed by atoms with van der Waals surface area (Å²) in [6, 6.07) is 1.61. The Morgan fingerprint density at radius 1 is 1.65 bits per heavy atom. The zero-order valence-corrected chi connectivity index (χ0v) is 10.9. The summed E-state index contributed by atoms with van der Waals surface area (Å²) >= 11 is 11.7. The van der Waals surface area contributed by atoms with Crippen molar-refractivity contribution in [1.82, 2.24) is 4.98 Å². The Labute approximate surface area is 110 Å². The molecule has 0 saturated carbocycles. The number of halogens is 2. The van der Waals surface area contributed by atoms with Crippen molar-refractivity contribution in [3.05, 3.63) is 22.3 Å². The summed E-state index contributed by atoms with van der Waals surface area (Å²) in [5, 5.41) is 14.2. The highest BCUT2D eigenvalue weighted by atomic mass is 35.5. The van der Waals surface area contributed by atoms with Gasteiger partial charge < -0.3 is 15.2 Å². The summed E-state index contributed by atoms with van der Waals surface area (Å²) in [6.45, 7) is 2.77. The number of pyridine rings is 1. The fourth-order valence-corrected chi connectivity index (χ4v) is 2.23. The molecule has 2 unspecified atom stereocenters. The van der Waals surface area contributed by atoms with E-state index in [-0.39, 0.29) is 6.10 Å². The van der Waals surface area contributed by atoms with E-state index < -0.39 is 5.60 Å². The van der Waals surface area contributed by atoms with E-state index >= 15 is 0 Å². The summed E-state index contributed by atoms with van der Waals surface area (Å²) in [6.07, 6.45) is 1.92. The maximum absolute atomic E-state index is 10.3. The number of anilines is 1. The first kappa shape index (κ1) is 12.9. The summed E-state index contributed by atoms with van der Waals surface area (Å²) in [7, 11) is 0. The second-order valence-electron chi connectivity index (χ2n) is 4.20. The van der Waals surface area contributed by atoms with Gasteiger partial charge in [0.1, 0.15) is 11.4 Å². The Hall–Kier alpha value is -0.550. The Balaban J connectivity index is 2.02. The van der Waals surface area contributed by atoms with Crippen molar-refractivity contribution >= 4 is 29.0 Å². The number of nitrogens with one attached hydrogen (secondary N) is 1. The van der Waals surface area contributed by atoms with Gasteiger partial charge in [0.15, 0.2) is 0 Å². The zero-order valence-electron chi connectivity index (χ0n) is 9.41. The minimum atomic E-state index is -0.870. The number of rotatable bonds is 3. The predicted molar refractivity (Wildman–Crippen MR) is 67.7 cm³/mol. The van der Waals surface area contributed by atoms with Gasteiger partial charge in [-0.25, -0.2) is 4.98 Å². The smallest absolute Gasteiger partial charge is 0.144 e. The maximum atomic E-state index is 10.3. The highest BCUT2D eigenvalue weighted by Gasteiger charge is 2.39. The van der Waals surface area contributed by atoms with Gasteiger partial charge in [-0.1, -0.05) is 23.2 Å². The molecule has 1 saturated heterocycles. The number of nitrogens with zero attached hydrogens (tertiary/aromatic N) is 1. The lowest BCUT2D eigenvalue weighted by molar-refractivity contribution is -0.0176. The first-order valence-electron chi connectivity index (χ1n) is 5.40. The van der Waals surface area contributed by atoms with Crippen molar-refractivity contribution < 1.29 is 9.84 Å². The largest absolute Gasteiger partial charge is 0.385 e. The quantitative estimate of drug-likeness (QED) is 0.890. The van der Waals surface area contributed by atoms with Gasteiger partial charge in [0.05, 0.1) is 16.1 Å². The monoisotopic (exact) mass is 276 g/mol. The molecule has 0 aliphatic carbocycles. The number of ether oxygens (including phenoxy) is 1. The molecule has 0 amide bonds. The molecule has 1 fully saturated rings. The van der Waals surface area contributed by atoms with Gasteiger partial charge in [-0.2, -0.15) is 0 Å². The fourth-order valence-electron chi connectivity index (χ4n) is 1.78. The van der Waals surface area contributed by atoms with E-state index in [0.717, 1.165) is 0 Å². The van der Waals surface area contributed by atoms with Crippen LogP contribution in [0, 0.1) is 0 Å². The molecule has 4 nitrogen and oxygen atoms in total. The van der Waals surface area contributed by atoms with Gasteiger partial charge in [-0.05, 0) is 13.0 Å². The van der Waals surface area contributed by atoms with Crippen molar-refractivity contribution in [2.45, 2.75) is 25.0 Å². The van der Waals surface area contributed by atoms with Crippen LogP contribution >= 0.6 is 23.2 Å². The summed E-state index contributed by atoms with van der Waals surface area (Å²) in [5.74, 6) is 0.517. The molecule has 6 heteroatoms. The van der Waals surface area contributed by atoms with E-state index in [1.165, 1.54) is 6.20 Å². The predicted octanol–water partition coefficient (Wildman–Crippen LogP) is 2.34. The fraction of sp³-hybridized carbons (Fsp3) is 0.545. The Morgan fingerprint density at radius 3 is 3.00 bits per heavy atom. The Morgan fingerprint density at radius 2 is 2.41 bits per heavy atom. The summed E-state index contributed by atoms with van der Waals surface area (Å²) < 4.78 is 5.34. The standard InChI is InChI=1S/C11H14Cl2N2O2/c1-7-11(16,2-3-17-7)6-15-10-9(13)4-8(12)5-14-10/h4-5,7,16H,2-3,6H2,1H3,(H,14,15). The number of aromatic nitrogens is 1. The third-order valence-corrected chi connectivity index (χ3v) is 3.52. The van der Waals surface area contributed by atoms with Crippen LogP contribution < -0.4 is 5.32 Å². The van der Waals surface area contributed by atoms with Crippen molar-refractivity contribution in [3.63, 3.8) is 0 Å². The number of aliphatic hydroxyl groups is 1. The molecule has 0 spiro atoms. The maximum Gasteiger partial charge on any atom is 0.144 e. The third kappa shape index (κ3) is 2.83. The molecule has 2 atom stereocenters. The molecule has 2 heterocycles. The topological polar surface area (TPSA) is 54.4 Å². The van der Waals surface area contributed by atoms with Crippen LogP contribution in [0.5, 0.6) is 0 Å². The van der Waals surface area contributed by atoms with Crippen LogP contribution in [0.2, 0.25) is 10.0 Å². The molecule has 1 aliphatic heterocycles. The van der Waals surface area contributed by atoms with Gasteiger partial charge in [0, 0.05) is 25.8 Å². The first-order valence-corrected chi connectivity index (χ1v) is 6.16. The molecule has 2 N–H and O–H groups in total. The summed E-state index contributed by atoms with van der Waals surface area (Å²) in [4.78, 5) is 4.07. The van der Waals surface area contributed by atoms with E-state index in [1.54, 1.807) is 6.07 Å². The lowest BCUT2D eigenvalue weighted by Crippen LogP contribution is -2.43. The molecule has 0 bridgehead atoms. The van der Waals surface area contributed by atoms with Crippen LogP contribution in [0.3, 0.4) is 0 Å². The van der Waals surface area contributed by atoms with Crippen LogP contribution in [0.25, 0.3) is 0 Å². The molecule has 94 valence electrons. The lowest BCUT2D eigenvalue weighted by Gasteiger charge is -2.26. The van der Waals surface area contributed by atoms with Crippen molar-refractivity contribution in [1.29, 1.82) is 0 Å². The van der Waals surface area contributed by atoms with Crippen molar-refractivity contribution in [2.24, 2.45) is 0 Å². The van der Waals surface area contributed by atoms with Crippen LogP contribution in [-0.4, -0.2) is 34.9 Å². The van der Waals surface area contributed by atoms with E-state index in [2.05, 4.69) is 10.3 Å². The molecule has 0 radical (unpaired) electrons. The second kappa shape index (κ2) is 4.98. The highest BCUT2D eigenvalue weighted by Crippen LogP contribution is 2.28. The number of hydrogen-bond acceptors (Lipinski definition) is 4. The lowest BCUT2D eigenvalue weighted by atomic mass is 9.97. The Kier molecular flexibility index (Phi) is 3.78. The van der Waals surface area contributed by atoms with E-state index in [4.69, 9.17) is 27.9 Å². The van der Waals surface area contributed by atoms with Crippen LogP contribution in [0.1, 0.15) is 13.3 Å². The van der Waals surface area contributed by atoms with Crippen LogP contribution in [0.15, 0.2) is 12.3 Å². The third-order valence-electron chi connectivity index (χ3n) is 3.03. The summed E-state index contributed by atoms with van der Waals surface area (Å²) in [5.41, 5.74) is -0.870. The normalized spacial score (nSPS) is 28.4. The van der Waals surface area contributed by atoms with Gasteiger partial charge in [-0.15, -0.1) is 0 Å². The SMILES string of the molecule is CC1OCCC1(O)CNc1ncc(Cl)cc1Cl. The molecule has 1 aromatic rings. The van der Waals surface area contributed by atoms with Gasteiger partial charge in [0.25, 0.3) is 0 Å². The minimum absolute atomic E-state index is 0.193. The minimum Gasteiger partial charge on any atom is -0.385 e. The molecule has 1 aliphatic rings. The zero-order chi connectivity index (χ0) is 12.5. The van der Waals surface area contributed by atoms with Gasteiger partial charge >= 0.3 is 0 Å². The number of hydrogen-bond donors (Lipinski definition) is 2. The van der Waals surface area contributed by atoms with Gasteiger partial charge in [0.2, 0.25) is 0 Å². The molecule has 2 rings (SSSR count). The van der Waals surface area contributed by atoms with Crippen molar-refractivity contribution in [3.8, 4) is 0 Å². The van der Waals surface area contributed by atoms with Crippen LogP contribution in [0.4, 0.5) is 5.82 Å². The second-order valence-corrected chi connectivity index (χ2v) is 5.05. The molecule has 0 aromatic carbocycles. The molecular weight excluding hydrogens is 263 g/mol. The average molecular weight is 277 g/mol. The van der Waals surface area contributed by atoms with E-state index in [0.29, 0.717) is 35.4 Å². The van der Waals surface area contributed by atoms with Crippen LogP contribution in [-0.2, 0) is 4.74 Å². The molecular formula is C11H14Cl2N2O2. The molecule has 1 aromatic heterocycles. The van der Waals surface area contributed by atoms with E-state index in [9.17, 15) is 5.11 Å². The first-order chi connectivity index (χ1) is 8.01. The van der Waals surface area contributed by atoms with E-state index in [1.807, 2.05) is 6.92 Å². The van der Waals surface area contributed by atoms with Gasteiger partial charge in [-0.3, -0.25) is 0 Å². The molecule has 17 heavy (non-hydrogen) atoms. The highest BCUT2D eigenvalue weighted by molar-refractivity contribution is 6.35. The average Bonchev–Trinajstić information content (AvgIpc) is 2.59. The Bertz CT molecular complexity index is 416. The van der Waals surface area contributed by atoms with Crippen molar-refractivity contribution in [2.75, 3.05) is 18.5 Å².